The second kappa shape index (κ2) is 6.15. The molecule has 0 saturated carbocycles. The van der Waals surface area contributed by atoms with Crippen LogP contribution in [0.4, 0.5) is 0 Å². The molecule has 0 aliphatic heterocycles. The maximum Gasteiger partial charge on any atom is 0.347 e. The molecule has 3 heteroatoms. The van der Waals surface area contributed by atoms with Gasteiger partial charge in [0.15, 0.2) is 0 Å². The van der Waals surface area contributed by atoms with E-state index in [2.05, 4.69) is 11.9 Å². The fourth-order valence-corrected chi connectivity index (χ4v) is 1.80. The number of allylic oxidation sites excluding steroid dienone is 1. The summed E-state index contributed by atoms with van der Waals surface area (Å²) in [6.07, 6.45) is 8.37. The lowest BCUT2D eigenvalue weighted by atomic mass is 10.2. The van der Waals surface area contributed by atoms with Crippen molar-refractivity contribution in [2.45, 2.75) is 32.6 Å². The minimum atomic E-state index is -0.325. The van der Waals surface area contributed by atoms with E-state index in [1.807, 2.05) is 18.2 Å². The highest BCUT2D eigenvalue weighted by molar-refractivity contribution is 5.77. The number of hydrogen-bond donors (Lipinski definition) is 0. The van der Waals surface area contributed by atoms with Gasteiger partial charge in [-0.3, -0.25) is 0 Å². The largest absolute Gasteiger partial charge is 0.404 e. The van der Waals surface area contributed by atoms with Crippen LogP contribution in [0.1, 0.15) is 38.5 Å². The number of fused-ring (bicyclic) bond motifs is 1. The molecule has 0 unspecified atom stereocenters. The SMILES string of the molecule is CCCCCC=Cc1nc2ccccc2c(=O)o1. The molecule has 0 fully saturated rings. The molecule has 94 valence electrons. The number of unbranched alkanes of at least 4 members (excludes halogenated alkanes) is 3. The Morgan fingerprint density at radius 3 is 2.94 bits per heavy atom. The maximum atomic E-state index is 11.7. The van der Waals surface area contributed by atoms with Crippen molar-refractivity contribution in [3.05, 3.63) is 46.7 Å². The lowest BCUT2D eigenvalue weighted by Gasteiger charge is -1.96. The van der Waals surface area contributed by atoms with Crippen molar-refractivity contribution in [1.82, 2.24) is 4.98 Å². The molecule has 0 amide bonds. The summed E-state index contributed by atoms with van der Waals surface area (Å²) < 4.78 is 5.14. The monoisotopic (exact) mass is 243 g/mol. The summed E-state index contributed by atoms with van der Waals surface area (Å²) in [5, 5.41) is 0.528. The van der Waals surface area contributed by atoms with Crippen LogP contribution in [0.3, 0.4) is 0 Å². The summed E-state index contributed by atoms with van der Waals surface area (Å²) in [6, 6.07) is 7.22. The van der Waals surface area contributed by atoms with E-state index < -0.39 is 0 Å². The number of benzene rings is 1. The predicted molar refractivity (Wildman–Crippen MR) is 73.5 cm³/mol. The quantitative estimate of drug-likeness (QED) is 0.750. The van der Waals surface area contributed by atoms with E-state index in [0.29, 0.717) is 16.8 Å². The Morgan fingerprint density at radius 1 is 1.28 bits per heavy atom. The zero-order valence-electron chi connectivity index (χ0n) is 10.6. The molecule has 1 heterocycles. The highest BCUT2D eigenvalue weighted by Gasteiger charge is 2.02. The van der Waals surface area contributed by atoms with Gasteiger partial charge in [-0.2, -0.15) is 0 Å². The molecule has 0 radical (unpaired) electrons. The zero-order valence-corrected chi connectivity index (χ0v) is 10.6. The number of aromatic nitrogens is 1. The molecule has 3 nitrogen and oxygen atoms in total. The van der Waals surface area contributed by atoms with Crippen LogP contribution in [-0.4, -0.2) is 4.98 Å². The molecule has 0 N–H and O–H groups in total. The first-order chi connectivity index (χ1) is 8.81. The second-order valence-electron chi connectivity index (χ2n) is 4.25. The fraction of sp³-hybridized carbons (Fsp3) is 0.333. The van der Waals surface area contributed by atoms with E-state index in [9.17, 15) is 4.79 Å². The maximum absolute atomic E-state index is 11.7. The van der Waals surface area contributed by atoms with Gasteiger partial charge in [0.05, 0.1) is 10.9 Å². The van der Waals surface area contributed by atoms with Gasteiger partial charge in [0, 0.05) is 0 Å². The van der Waals surface area contributed by atoms with Gasteiger partial charge in [-0.15, -0.1) is 0 Å². The Balaban J connectivity index is 2.17. The van der Waals surface area contributed by atoms with Crippen LogP contribution in [-0.2, 0) is 0 Å². The summed E-state index contributed by atoms with van der Waals surface area (Å²) in [6.45, 7) is 2.17. The zero-order chi connectivity index (χ0) is 12.8. The molecule has 2 aromatic rings. The summed E-state index contributed by atoms with van der Waals surface area (Å²) in [5.74, 6) is 0.384. The Morgan fingerprint density at radius 2 is 2.11 bits per heavy atom. The average Bonchev–Trinajstić information content (AvgIpc) is 2.39. The minimum absolute atomic E-state index is 0.325. The average molecular weight is 243 g/mol. The van der Waals surface area contributed by atoms with E-state index in [0.717, 1.165) is 12.8 Å². The first kappa shape index (κ1) is 12.6. The predicted octanol–water partition coefficient (Wildman–Crippen LogP) is 3.78. The van der Waals surface area contributed by atoms with Crippen molar-refractivity contribution in [1.29, 1.82) is 0 Å². The van der Waals surface area contributed by atoms with Crippen LogP contribution in [0.5, 0.6) is 0 Å². The molecule has 0 spiro atoms. The molecule has 0 bridgehead atoms. The fourth-order valence-electron chi connectivity index (χ4n) is 1.80. The molecule has 2 rings (SSSR count). The molecule has 1 aromatic carbocycles. The van der Waals surface area contributed by atoms with Crippen LogP contribution in [0.15, 0.2) is 39.6 Å². The molecule has 0 aliphatic carbocycles. The highest BCUT2D eigenvalue weighted by Crippen LogP contribution is 2.09. The van der Waals surface area contributed by atoms with Crippen molar-refractivity contribution in [2.24, 2.45) is 0 Å². The lowest BCUT2D eigenvalue weighted by molar-refractivity contribution is 0.490. The summed E-state index contributed by atoms with van der Waals surface area (Å²) in [7, 11) is 0. The first-order valence-electron chi connectivity index (χ1n) is 6.37. The van der Waals surface area contributed by atoms with Gasteiger partial charge in [0.2, 0.25) is 5.89 Å². The van der Waals surface area contributed by atoms with Crippen LogP contribution >= 0.6 is 0 Å². The van der Waals surface area contributed by atoms with Crippen molar-refractivity contribution >= 4 is 17.0 Å². The Bertz CT molecular complexity index is 599. The molecule has 0 saturated heterocycles. The van der Waals surface area contributed by atoms with Crippen LogP contribution < -0.4 is 5.63 Å². The third kappa shape index (κ3) is 3.06. The van der Waals surface area contributed by atoms with E-state index in [4.69, 9.17) is 4.42 Å². The van der Waals surface area contributed by atoms with Gasteiger partial charge in [-0.05, 0) is 31.1 Å². The Hall–Kier alpha value is -1.90. The molecule has 0 atom stereocenters. The second-order valence-corrected chi connectivity index (χ2v) is 4.25. The molecular weight excluding hydrogens is 226 g/mol. The van der Waals surface area contributed by atoms with Crippen molar-refractivity contribution < 1.29 is 4.42 Å². The van der Waals surface area contributed by atoms with Crippen molar-refractivity contribution in [2.75, 3.05) is 0 Å². The van der Waals surface area contributed by atoms with Crippen LogP contribution in [0.2, 0.25) is 0 Å². The molecular formula is C15H17NO2. The van der Waals surface area contributed by atoms with E-state index >= 15 is 0 Å². The minimum Gasteiger partial charge on any atom is -0.404 e. The normalized spacial score (nSPS) is 11.4. The van der Waals surface area contributed by atoms with E-state index in [-0.39, 0.29) is 5.63 Å². The first-order valence-corrected chi connectivity index (χ1v) is 6.37. The lowest BCUT2D eigenvalue weighted by Crippen LogP contribution is -2.02. The van der Waals surface area contributed by atoms with Gasteiger partial charge in [0.1, 0.15) is 0 Å². The molecule has 0 aliphatic rings. The standard InChI is InChI=1S/C15H17NO2/c1-2-3-4-5-6-11-14-16-13-10-8-7-9-12(13)15(17)18-14/h6-11H,2-5H2,1H3. The Labute approximate surface area is 106 Å². The highest BCUT2D eigenvalue weighted by atomic mass is 16.4. The summed E-state index contributed by atoms with van der Waals surface area (Å²) >= 11 is 0. The number of rotatable bonds is 5. The van der Waals surface area contributed by atoms with Crippen LogP contribution in [0, 0.1) is 0 Å². The summed E-state index contributed by atoms with van der Waals surface area (Å²) in [5.41, 5.74) is 0.357. The van der Waals surface area contributed by atoms with Gasteiger partial charge in [-0.25, -0.2) is 9.78 Å². The van der Waals surface area contributed by atoms with Crippen molar-refractivity contribution in [3.8, 4) is 0 Å². The van der Waals surface area contributed by atoms with Gasteiger partial charge in [-0.1, -0.05) is 38.0 Å². The smallest absolute Gasteiger partial charge is 0.347 e. The van der Waals surface area contributed by atoms with Gasteiger partial charge >= 0.3 is 5.63 Å². The van der Waals surface area contributed by atoms with Gasteiger partial charge in [0.25, 0.3) is 0 Å². The van der Waals surface area contributed by atoms with Gasteiger partial charge < -0.3 is 4.42 Å². The van der Waals surface area contributed by atoms with E-state index in [1.165, 1.54) is 12.8 Å². The topological polar surface area (TPSA) is 43.1 Å². The third-order valence-electron chi connectivity index (χ3n) is 2.79. The number of para-hydroxylation sites is 1. The number of hydrogen-bond acceptors (Lipinski definition) is 3. The van der Waals surface area contributed by atoms with Crippen LogP contribution in [0.25, 0.3) is 17.0 Å². The summed E-state index contributed by atoms with van der Waals surface area (Å²) in [4.78, 5) is 16.0. The Kier molecular flexibility index (Phi) is 4.29. The third-order valence-corrected chi connectivity index (χ3v) is 2.79. The number of nitrogens with zero attached hydrogens (tertiary/aromatic N) is 1. The van der Waals surface area contributed by atoms with Crippen molar-refractivity contribution in [3.63, 3.8) is 0 Å². The molecule has 18 heavy (non-hydrogen) atoms. The molecule has 1 aromatic heterocycles. The van der Waals surface area contributed by atoms with E-state index in [1.54, 1.807) is 18.2 Å².